The molecule has 0 spiro atoms. The van der Waals surface area contributed by atoms with E-state index in [-0.39, 0.29) is 5.56 Å². The van der Waals surface area contributed by atoms with Crippen LogP contribution in [0.5, 0.6) is 0 Å². The molecular weight excluding hydrogens is 240 g/mol. The van der Waals surface area contributed by atoms with Crippen LogP contribution in [0.4, 0.5) is 11.4 Å². The van der Waals surface area contributed by atoms with E-state index in [9.17, 15) is 4.79 Å². The van der Waals surface area contributed by atoms with E-state index in [0.717, 1.165) is 11.6 Å². The van der Waals surface area contributed by atoms with Gasteiger partial charge in [-0.05, 0) is 37.3 Å². The zero-order valence-electron chi connectivity index (χ0n) is 10.9. The molecule has 0 amide bonds. The summed E-state index contributed by atoms with van der Waals surface area (Å²) in [7, 11) is 0. The summed E-state index contributed by atoms with van der Waals surface area (Å²) in [6, 6.07) is 4.03. The van der Waals surface area contributed by atoms with Gasteiger partial charge in [0.05, 0.1) is 28.6 Å². The standard InChI is InChI=1S/C14H18N4O/c1-8-2-3-9(4-8)18-13-6-12-10(5-11(13)15)14(19)17-7-16-12/h5-9,18H,2-4,15H2,1H3,(H,16,17,19). The predicted octanol–water partition coefficient (Wildman–Crippen LogP) is 2.11. The summed E-state index contributed by atoms with van der Waals surface area (Å²) in [5.41, 5.74) is 8.02. The van der Waals surface area contributed by atoms with Gasteiger partial charge < -0.3 is 16.0 Å². The number of anilines is 2. The van der Waals surface area contributed by atoms with Crippen LogP contribution in [0, 0.1) is 5.92 Å². The molecule has 1 fully saturated rings. The number of nitrogen functional groups attached to an aromatic ring is 1. The first-order valence-electron chi connectivity index (χ1n) is 6.67. The summed E-state index contributed by atoms with van der Waals surface area (Å²) in [5, 5.41) is 4.01. The third-order valence-corrected chi connectivity index (χ3v) is 3.87. The van der Waals surface area contributed by atoms with Gasteiger partial charge in [-0.25, -0.2) is 4.98 Å². The van der Waals surface area contributed by atoms with E-state index in [1.807, 2.05) is 6.07 Å². The molecule has 1 saturated carbocycles. The average molecular weight is 258 g/mol. The molecule has 1 aliphatic rings. The molecule has 1 aromatic carbocycles. The zero-order valence-corrected chi connectivity index (χ0v) is 10.9. The molecule has 3 rings (SSSR count). The molecule has 0 bridgehead atoms. The second-order valence-corrected chi connectivity index (χ2v) is 5.45. The van der Waals surface area contributed by atoms with Gasteiger partial charge in [0.1, 0.15) is 0 Å². The highest BCUT2D eigenvalue weighted by Crippen LogP contribution is 2.30. The minimum Gasteiger partial charge on any atom is -0.397 e. The average Bonchev–Trinajstić information content (AvgIpc) is 2.77. The molecule has 0 aliphatic heterocycles. The van der Waals surface area contributed by atoms with Crippen LogP contribution >= 0.6 is 0 Å². The van der Waals surface area contributed by atoms with Crippen molar-refractivity contribution in [2.75, 3.05) is 11.1 Å². The molecule has 0 radical (unpaired) electrons. The van der Waals surface area contributed by atoms with Gasteiger partial charge in [-0.2, -0.15) is 0 Å². The quantitative estimate of drug-likeness (QED) is 0.720. The Morgan fingerprint density at radius 3 is 3.00 bits per heavy atom. The number of hydrogen-bond acceptors (Lipinski definition) is 4. The number of benzene rings is 1. The normalized spacial score (nSPS) is 22.8. The Bertz CT molecular complexity index is 664. The van der Waals surface area contributed by atoms with Crippen LogP contribution in [0.25, 0.3) is 10.9 Å². The van der Waals surface area contributed by atoms with Crippen molar-refractivity contribution in [2.45, 2.75) is 32.2 Å². The van der Waals surface area contributed by atoms with Gasteiger partial charge in [0, 0.05) is 6.04 Å². The first-order chi connectivity index (χ1) is 9.13. The summed E-state index contributed by atoms with van der Waals surface area (Å²) in [4.78, 5) is 18.4. The lowest BCUT2D eigenvalue weighted by molar-refractivity contribution is 0.603. The highest BCUT2D eigenvalue weighted by atomic mass is 16.1. The summed E-state index contributed by atoms with van der Waals surface area (Å²) >= 11 is 0. The van der Waals surface area contributed by atoms with E-state index in [4.69, 9.17) is 5.73 Å². The number of fused-ring (bicyclic) bond motifs is 1. The monoisotopic (exact) mass is 258 g/mol. The third kappa shape index (κ3) is 2.28. The molecule has 1 heterocycles. The van der Waals surface area contributed by atoms with Gasteiger partial charge >= 0.3 is 0 Å². The molecule has 2 aromatic rings. The van der Waals surface area contributed by atoms with E-state index in [0.29, 0.717) is 22.6 Å². The van der Waals surface area contributed by atoms with Gasteiger partial charge in [0.25, 0.3) is 5.56 Å². The Kier molecular flexibility index (Phi) is 2.89. The van der Waals surface area contributed by atoms with E-state index >= 15 is 0 Å². The van der Waals surface area contributed by atoms with E-state index in [1.54, 1.807) is 6.07 Å². The SMILES string of the molecule is CC1CCC(Nc2cc3nc[nH]c(=O)c3cc2N)C1. The maximum absolute atomic E-state index is 11.7. The Balaban J connectivity index is 1.95. The Morgan fingerprint density at radius 1 is 1.42 bits per heavy atom. The van der Waals surface area contributed by atoms with Crippen molar-refractivity contribution in [2.24, 2.45) is 5.92 Å². The van der Waals surface area contributed by atoms with Crippen LogP contribution in [-0.2, 0) is 0 Å². The van der Waals surface area contributed by atoms with E-state index in [1.165, 1.54) is 25.6 Å². The van der Waals surface area contributed by atoms with Crippen molar-refractivity contribution in [3.05, 3.63) is 28.8 Å². The summed E-state index contributed by atoms with van der Waals surface area (Å²) in [5.74, 6) is 0.764. The smallest absolute Gasteiger partial charge is 0.258 e. The maximum atomic E-state index is 11.7. The first kappa shape index (κ1) is 12.0. The molecule has 5 heteroatoms. The molecule has 5 nitrogen and oxygen atoms in total. The number of nitrogens with one attached hydrogen (secondary N) is 2. The van der Waals surface area contributed by atoms with Crippen molar-refractivity contribution in [1.29, 1.82) is 0 Å². The summed E-state index contributed by atoms with van der Waals surface area (Å²) in [6.07, 6.45) is 5.01. The van der Waals surface area contributed by atoms with Crippen LogP contribution in [0.3, 0.4) is 0 Å². The Hall–Kier alpha value is -2.04. The second-order valence-electron chi connectivity index (χ2n) is 5.45. The molecule has 1 aliphatic carbocycles. The van der Waals surface area contributed by atoms with Crippen LogP contribution in [0.15, 0.2) is 23.3 Å². The fraction of sp³-hybridized carbons (Fsp3) is 0.429. The second kappa shape index (κ2) is 4.57. The number of nitrogens with two attached hydrogens (primary N) is 1. The summed E-state index contributed by atoms with van der Waals surface area (Å²) in [6.45, 7) is 2.27. The maximum Gasteiger partial charge on any atom is 0.258 e. The van der Waals surface area contributed by atoms with E-state index in [2.05, 4.69) is 22.2 Å². The van der Waals surface area contributed by atoms with Crippen molar-refractivity contribution in [3.8, 4) is 0 Å². The Morgan fingerprint density at radius 2 is 2.26 bits per heavy atom. The molecule has 19 heavy (non-hydrogen) atoms. The van der Waals surface area contributed by atoms with Gasteiger partial charge in [0.2, 0.25) is 0 Å². The van der Waals surface area contributed by atoms with Crippen LogP contribution < -0.4 is 16.6 Å². The zero-order chi connectivity index (χ0) is 13.4. The number of rotatable bonds is 2. The third-order valence-electron chi connectivity index (χ3n) is 3.87. The number of nitrogens with zero attached hydrogens (tertiary/aromatic N) is 1. The fourth-order valence-corrected chi connectivity index (χ4v) is 2.81. The van der Waals surface area contributed by atoms with Crippen LogP contribution in [0.2, 0.25) is 0 Å². The molecule has 0 saturated heterocycles. The highest BCUT2D eigenvalue weighted by molar-refractivity contribution is 5.88. The molecule has 2 atom stereocenters. The highest BCUT2D eigenvalue weighted by Gasteiger charge is 2.21. The molecule has 4 N–H and O–H groups in total. The van der Waals surface area contributed by atoms with E-state index < -0.39 is 0 Å². The Labute approximate surface area is 111 Å². The van der Waals surface area contributed by atoms with Gasteiger partial charge in [-0.15, -0.1) is 0 Å². The lowest BCUT2D eigenvalue weighted by Crippen LogP contribution is -2.17. The minimum atomic E-state index is -0.155. The van der Waals surface area contributed by atoms with Crippen molar-refractivity contribution >= 4 is 22.3 Å². The topological polar surface area (TPSA) is 83.8 Å². The lowest BCUT2D eigenvalue weighted by Gasteiger charge is -2.16. The molecule has 1 aromatic heterocycles. The molecular formula is C14H18N4O. The first-order valence-corrected chi connectivity index (χ1v) is 6.67. The number of aromatic amines is 1. The van der Waals surface area contributed by atoms with Crippen molar-refractivity contribution in [3.63, 3.8) is 0 Å². The number of H-pyrrole nitrogens is 1. The fourth-order valence-electron chi connectivity index (χ4n) is 2.81. The van der Waals surface area contributed by atoms with Gasteiger partial charge in [0.15, 0.2) is 0 Å². The summed E-state index contributed by atoms with van der Waals surface area (Å²) < 4.78 is 0. The van der Waals surface area contributed by atoms with Crippen molar-refractivity contribution in [1.82, 2.24) is 9.97 Å². The van der Waals surface area contributed by atoms with Gasteiger partial charge in [-0.3, -0.25) is 4.79 Å². The number of hydrogen-bond donors (Lipinski definition) is 3. The molecule has 2 unspecified atom stereocenters. The predicted molar refractivity (Wildman–Crippen MR) is 77.2 cm³/mol. The van der Waals surface area contributed by atoms with Gasteiger partial charge in [-0.1, -0.05) is 6.92 Å². The van der Waals surface area contributed by atoms with Crippen molar-refractivity contribution < 1.29 is 0 Å². The molecule has 100 valence electrons. The largest absolute Gasteiger partial charge is 0.397 e. The minimum absolute atomic E-state index is 0.155. The van der Waals surface area contributed by atoms with Crippen LogP contribution in [-0.4, -0.2) is 16.0 Å². The number of aromatic nitrogens is 2. The lowest BCUT2D eigenvalue weighted by atomic mass is 10.1. The van der Waals surface area contributed by atoms with Crippen LogP contribution in [0.1, 0.15) is 26.2 Å².